The quantitative estimate of drug-likeness (QED) is 0.873. The highest BCUT2D eigenvalue weighted by Gasteiger charge is 2.22. The van der Waals surface area contributed by atoms with Gasteiger partial charge in [-0.2, -0.15) is 0 Å². The SMILES string of the molecule is Cc1cc(C(=O)N2CCCN(Cc3ccccc3)CC2)no1. The minimum atomic E-state index is -0.0292. The number of hydrogen-bond donors (Lipinski definition) is 0. The standard InChI is InChI=1S/C17H21N3O2/c1-14-12-16(18-22-14)17(21)20-9-5-8-19(10-11-20)13-15-6-3-2-4-7-15/h2-4,6-7,12H,5,8-11,13H2,1H3. The van der Waals surface area contributed by atoms with Crippen LogP contribution in [0, 0.1) is 6.92 Å². The van der Waals surface area contributed by atoms with E-state index in [0.717, 1.165) is 39.1 Å². The number of rotatable bonds is 3. The van der Waals surface area contributed by atoms with E-state index in [1.165, 1.54) is 5.56 Å². The molecular formula is C17H21N3O2. The van der Waals surface area contributed by atoms with E-state index >= 15 is 0 Å². The van der Waals surface area contributed by atoms with Gasteiger partial charge in [-0.15, -0.1) is 0 Å². The Morgan fingerprint density at radius 1 is 1.18 bits per heavy atom. The number of hydrogen-bond acceptors (Lipinski definition) is 4. The van der Waals surface area contributed by atoms with Gasteiger partial charge >= 0.3 is 0 Å². The van der Waals surface area contributed by atoms with Crippen LogP contribution in [0.2, 0.25) is 0 Å². The minimum absolute atomic E-state index is 0.0292. The number of benzene rings is 1. The lowest BCUT2D eigenvalue weighted by Crippen LogP contribution is -2.35. The summed E-state index contributed by atoms with van der Waals surface area (Å²) in [6, 6.07) is 12.2. The van der Waals surface area contributed by atoms with Crippen LogP contribution in [-0.2, 0) is 6.54 Å². The Balaban J connectivity index is 1.59. The second kappa shape index (κ2) is 6.75. The van der Waals surface area contributed by atoms with Crippen LogP contribution in [-0.4, -0.2) is 47.0 Å². The summed E-state index contributed by atoms with van der Waals surface area (Å²) in [4.78, 5) is 16.7. The summed E-state index contributed by atoms with van der Waals surface area (Å²) in [5.41, 5.74) is 1.73. The van der Waals surface area contributed by atoms with Gasteiger partial charge in [-0.05, 0) is 18.9 Å². The van der Waals surface area contributed by atoms with Gasteiger partial charge in [-0.3, -0.25) is 9.69 Å². The number of carbonyl (C=O) groups is 1. The van der Waals surface area contributed by atoms with Crippen LogP contribution in [0.25, 0.3) is 0 Å². The largest absolute Gasteiger partial charge is 0.361 e. The molecule has 1 aromatic carbocycles. The number of aryl methyl sites for hydroxylation is 1. The van der Waals surface area contributed by atoms with Gasteiger partial charge in [0.1, 0.15) is 5.76 Å². The lowest BCUT2D eigenvalue weighted by atomic mass is 10.2. The summed E-state index contributed by atoms with van der Waals surface area (Å²) < 4.78 is 5.00. The molecule has 0 radical (unpaired) electrons. The molecule has 0 saturated carbocycles. The van der Waals surface area contributed by atoms with Gasteiger partial charge in [0.15, 0.2) is 5.69 Å². The number of carbonyl (C=O) groups excluding carboxylic acids is 1. The maximum absolute atomic E-state index is 12.4. The van der Waals surface area contributed by atoms with Crippen LogP contribution >= 0.6 is 0 Å². The van der Waals surface area contributed by atoms with Crippen LogP contribution in [0.5, 0.6) is 0 Å². The van der Waals surface area contributed by atoms with E-state index in [-0.39, 0.29) is 5.91 Å². The zero-order valence-electron chi connectivity index (χ0n) is 12.9. The molecule has 1 aliphatic rings. The van der Waals surface area contributed by atoms with Crippen molar-refractivity contribution in [2.75, 3.05) is 26.2 Å². The summed E-state index contributed by atoms with van der Waals surface area (Å²) in [5, 5.41) is 3.83. The van der Waals surface area contributed by atoms with Crippen molar-refractivity contribution in [2.24, 2.45) is 0 Å². The van der Waals surface area contributed by atoms with Crippen molar-refractivity contribution < 1.29 is 9.32 Å². The molecule has 1 saturated heterocycles. The topological polar surface area (TPSA) is 49.6 Å². The maximum Gasteiger partial charge on any atom is 0.276 e. The molecule has 1 aliphatic heterocycles. The van der Waals surface area contributed by atoms with Crippen LogP contribution in [0.1, 0.15) is 28.2 Å². The number of aromatic nitrogens is 1. The highest BCUT2D eigenvalue weighted by atomic mass is 16.5. The zero-order chi connectivity index (χ0) is 15.4. The van der Waals surface area contributed by atoms with Gasteiger partial charge in [0.25, 0.3) is 5.91 Å². The first kappa shape index (κ1) is 14.8. The van der Waals surface area contributed by atoms with Gasteiger partial charge in [0.05, 0.1) is 0 Å². The number of nitrogens with zero attached hydrogens (tertiary/aromatic N) is 3. The van der Waals surface area contributed by atoms with Crippen molar-refractivity contribution in [3.05, 3.63) is 53.4 Å². The van der Waals surface area contributed by atoms with E-state index in [0.29, 0.717) is 11.5 Å². The van der Waals surface area contributed by atoms with Crippen molar-refractivity contribution in [3.8, 4) is 0 Å². The van der Waals surface area contributed by atoms with Crippen molar-refractivity contribution in [2.45, 2.75) is 19.9 Å². The lowest BCUT2D eigenvalue weighted by Gasteiger charge is -2.21. The van der Waals surface area contributed by atoms with Crippen LogP contribution in [0.4, 0.5) is 0 Å². The first-order valence-electron chi connectivity index (χ1n) is 7.71. The molecule has 1 fully saturated rings. The van der Waals surface area contributed by atoms with Gasteiger partial charge in [0, 0.05) is 38.8 Å². The van der Waals surface area contributed by atoms with E-state index in [4.69, 9.17) is 4.52 Å². The predicted octanol–water partition coefficient (Wildman–Crippen LogP) is 2.33. The van der Waals surface area contributed by atoms with Crippen LogP contribution < -0.4 is 0 Å². The van der Waals surface area contributed by atoms with Crippen LogP contribution in [0.3, 0.4) is 0 Å². The normalized spacial score (nSPS) is 16.5. The van der Waals surface area contributed by atoms with Gasteiger partial charge < -0.3 is 9.42 Å². The van der Waals surface area contributed by atoms with Gasteiger partial charge in [-0.25, -0.2) is 0 Å². The molecule has 0 N–H and O–H groups in total. The third-order valence-corrected chi connectivity index (χ3v) is 3.97. The fraction of sp³-hybridized carbons (Fsp3) is 0.412. The molecule has 0 spiro atoms. The van der Waals surface area contributed by atoms with Gasteiger partial charge in [-0.1, -0.05) is 35.5 Å². The van der Waals surface area contributed by atoms with Gasteiger partial charge in [0.2, 0.25) is 0 Å². The molecule has 0 bridgehead atoms. The monoisotopic (exact) mass is 299 g/mol. The minimum Gasteiger partial charge on any atom is -0.361 e. The number of amides is 1. The third kappa shape index (κ3) is 3.54. The molecule has 3 rings (SSSR count). The molecule has 0 atom stereocenters. The Bertz CT molecular complexity index is 624. The zero-order valence-corrected chi connectivity index (χ0v) is 12.9. The van der Waals surface area contributed by atoms with Crippen molar-refractivity contribution in [1.82, 2.24) is 15.0 Å². The summed E-state index contributed by atoms with van der Waals surface area (Å²) in [5.74, 6) is 0.641. The fourth-order valence-electron chi connectivity index (χ4n) is 2.80. The highest BCUT2D eigenvalue weighted by molar-refractivity contribution is 5.92. The molecule has 1 amide bonds. The summed E-state index contributed by atoms with van der Waals surface area (Å²) in [6.07, 6.45) is 0.982. The third-order valence-electron chi connectivity index (χ3n) is 3.97. The van der Waals surface area contributed by atoms with Crippen molar-refractivity contribution >= 4 is 5.91 Å². The Morgan fingerprint density at radius 3 is 2.73 bits per heavy atom. The summed E-state index contributed by atoms with van der Waals surface area (Å²) in [6.45, 7) is 6.14. The molecule has 0 unspecified atom stereocenters. The Morgan fingerprint density at radius 2 is 2.00 bits per heavy atom. The van der Waals surface area contributed by atoms with Crippen molar-refractivity contribution in [3.63, 3.8) is 0 Å². The molecular weight excluding hydrogens is 278 g/mol. The van der Waals surface area contributed by atoms with Crippen LogP contribution in [0.15, 0.2) is 40.9 Å². The second-order valence-corrected chi connectivity index (χ2v) is 5.73. The average Bonchev–Trinajstić information content (AvgIpc) is 2.83. The molecule has 1 aromatic heterocycles. The second-order valence-electron chi connectivity index (χ2n) is 5.73. The lowest BCUT2D eigenvalue weighted by molar-refractivity contribution is 0.0750. The first-order chi connectivity index (χ1) is 10.7. The van der Waals surface area contributed by atoms with E-state index in [1.807, 2.05) is 11.0 Å². The Labute approximate surface area is 130 Å². The van der Waals surface area contributed by atoms with E-state index in [1.54, 1.807) is 13.0 Å². The Hall–Kier alpha value is -2.14. The van der Waals surface area contributed by atoms with Crippen molar-refractivity contribution in [1.29, 1.82) is 0 Å². The summed E-state index contributed by atoms with van der Waals surface area (Å²) >= 11 is 0. The highest BCUT2D eigenvalue weighted by Crippen LogP contribution is 2.12. The average molecular weight is 299 g/mol. The molecule has 2 heterocycles. The van der Waals surface area contributed by atoms with E-state index in [2.05, 4.69) is 34.3 Å². The smallest absolute Gasteiger partial charge is 0.276 e. The molecule has 22 heavy (non-hydrogen) atoms. The fourth-order valence-corrected chi connectivity index (χ4v) is 2.80. The van der Waals surface area contributed by atoms with E-state index in [9.17, 15) is 4.79 Å². The van der Waals surface area contributed by atoms with E-state index < -0.39 is 0 Å². The molecule has 116 valence electrons. The Kier molecular flexibility index (Phi) is 4.53. The molecule has 5 nitrogen and oxygen atoms in total. The first-order valence-corrected chi connectivity index (χ1v) is 7.71. The predicted molar refractivity (Wildman–Crippen MR) is 83.5 cm³/mol. The molecule has 2 aromatic rings. The molecule has 0 aliphatic carbocycles. The maximum atomic E-state index is 12.4. The molecule has 5 heteroatoms. The summed E-state index contributed by atoms with van der Waals surface area (Å²) in [7, 11) is 0.